The molecule has 1 rings (SSSR count). The summed E-state index contributed by atoms with van der Waals surface area (Å²) in [6.45, 7) is 0. The van der Waals surface area contributed by atoms with Crippen molar-refractivity contribution in [1.29, 1.82) is 0 Å². The number of alkyl halides is 2. The molecule has 0 radical (unpaired) electrons. The lowest BCUT2D eigenvalue weighted by Crippen LogP contribution is -2.24. The van der Waals surface area contributed by atoms with Gasteiger partial charge in [-0.05, 0) is 18.8 Å². The monoisotopic (exact) mass is 190 g/mol. The van der Waals surface area contributed by atoms with Gasteiger partial charge in [-0.15, -0.1) is 0 Å². The lowest BCUT2D eigenvalue weighted by Gasteiger charge is -2.26. The van der Waals surface area contributed by atoms with Crippen molar-refractivity contribution in [2.45, 2.75) is 31.6 Å². The second-order valence-corrected chi connectivity index (χ2v) is 3.49. The summed E-state index contributed by atoms with van der Waals surface area (Å²) in [7, 11) is -1.47. The first-order valence-electron chi connectivity index (χ1n) is 4.42. The first-order valence-corrected chi connectivity index (χ1v) is 4.42. The maximum Gasteiger partial charge on any atom is 0.480 e. The zero-order valence-electron chi connectivity index (χ0n) is 7.29. The van der Waals surface area contributed by atoms with Crippen LogP contribution in [0.4, 0.5) is 8.78 Å². The van der Waals surface area contributed by atoms with E-state index in [0.717, 1.165) is 0 Å². The van der Waals surface area contributed by atoms with Gasteiger partial charge < -0.3 is 10.0 Å². The second-order valence-electron chi connectivity index (χ2n) is 3.49. The molecule has 0 spiro atoms. The first-order chi connectivity index (χ1) is 5.99. The van der Waals surface area contributed by atoms with Crippen molar-refractivity contribution in [2.75, 3.05) is 0 Å². The Balaban J connectivity index is 2.33. The fourth-order valence-electron chi connectivity index (χ4n) is 1.51. The SMILES string of the molecule is OB(O)/C=C/C1CCC(F)(F)CC1. The van der Waals surface area contributed by atoms with Crippen LogP contribution in [0.3, 0.4) is 0 Å². The summed E-state index contributed by atoms with van der Waals surface area (Å²) >= 11 is 0. The van der Waals surface area contributed by atoms with E-state index in [9.17, 15) is 8.78 Å². The molecule has 0 aliphatic heterocycles. The van der Waals surface area contributed by atoms with Crippen LogP contribution in [0.1, 0.15) is 25.7 Å². The van der Waals surface area contributed by atoms with Crippen LogP contribution in [0.2, 0.25) is 0 Å². The highest BCUT2D eigenvalue weighted by Crippen LogP contribution is 2.36. The molecule has 74 valence electrons. The number of hydrogen-bond donors (Lipinski definition) is 2. The Hall–Kier alpha value is -0.415. The van der Waals surface area contributed by atoms with Crippen molar-refractivity contribution in [3.63, 3.8) is 0 Å². The van der Waals surface area contributed by atoms with Gasteiger partial charge in [0.2, 0.25) is 5.92 Å². The first kappa shape index (κ1) is 10.7. The average Bonchev–Trinajstić information content (AvgIpc) is 2.02. The van der Waals surface area contributed by atoms with E-state index in [1.165, 1.54) is 5.98 Å². The Labute approximate surface area is 76.4 Å². The van der Waals surface area contributed by atoms with E-state index in [1.54, 1.807) is 6.08 Å². The summed E-state index contributed by atoms with van der Waals surface area (Å²) in [6.07, 6.45) is 2.28. The van der Waals surface area contributed by atoms with Gasteiger partial charge in [0.25, 0.3) is 0 Å². The Morgan fingerprint density at radius 2 is 1.77 bits per heavy atom. The van der Waals surface area contributed by atoms with E-state index in [4.69, 9.17) is 10.0 Å². The summed E-state index contributed by atoms with van der Waals surface area (Å²) in [4.78, 5) is 0. The molecule has 0 heterocycles. The zero-order valence-corrected chi connectivity index (χ0v) is 7.29. The molecule has 1 aliphatic rings. The van der Waals surface area contributed by atoms with E-state index in [0.29, 0.717) is 12.8 Å². The third kappa shape index (κ3) is 3.87. The molecule has 2 N–H and O–H groups in total. The Bertz CT molecular complexity index is 185. The van der Waals surface area contributed by atoms with Gasteiger partial charge >= 0.3 is 7.12 Å². The lowest BCUT2D eigenvalue weighted by atomic mass is 9.82. The van der Waals surface area contributed by atoms with Crippen molar-refractivity contribution in [1.82, 2.24) is 0 Å². The number of allylic oxidation sites excluding steroid dienone is 1. The minimum absolute atomic E-state index is 0.0708. The van der Waals surface area contributed by atoms with Crippen molar-refractivity contribution in [3.05, 3.63) is 12.1 Å². The molecule has 1 fully saturated rings. The van der Waals surface area contributed by atoms with Crippen LogP contribution in [-0.2, 0) is 0 Å². The third-order valence-electron chi connectivity index (χ3n) is 2.32. The molecule has 0 unspecified atom stereocenters. The van der Waals surface area contributed by atoms with Crippen LogP contribution in [0, 0.1) is 5.92 Å². The highest BCUT2D eigenvalue weighted by Gasteiger charge is 2.33. The fraction of sp³-hybridized carbons (Fsp3) is 0.750. The normalized spacial score (nSPS) is 23.7. The topological polar surface area (TPSA) is 40.5 Å². The molecule has 1 aliphatic carbocycles. The van der Waals surface area contributed by atoms with Crippen LogP contribution in [0.5, 0.6) is 0 Å². The molecule has 0 aromatic carbocycles. The molecular formula is C8H13BF2O2. The summed E-state index contributed by atoms with van der Waals surface area (Å²) in [5.74, 6) is -1.21. The number of rotatable bonds is 2. The quantitative estimate of drug-likeness (QED) is 0.645. The van der Waals surface area contributed by atoms with Gasteiger partial charge in [0, 0.05) is 12.8 Å². The number of halogens is 2. The fourth-order valence-corrected chi connectivity index (χ4v) is 1.51. The summed E-state index contributed by atoms with van der Waals surface area (Å²) in [5.41, 5.74) is 0. The van der Waals surface area contributed by atoms with Gasteiger partial charge in [0.05, 0.1) is 0 Å². The van der Waals surface area contributed by atoms with Gasteiger partial charge in [-0.1, -0.05) is 12.1 Å². The van der Waals surface area contributed by atoms with Gasteiger partial charge in [0.1, 0.15) is 0 Å². The molecule has 5 heteroatoms. The van der Waals surface area contributed by atoms with E-state index in [2.05, 4.69) is 0 Å². The molecule has 0 atom stereocenters. The lowest BCUT2D eigenvalue weighted by molar-refractivity contribution is -0.0411. The summed E-state index contributed by atoms with van der Waals surface area (Å²) in [5, 5.41) is 17.0. The van der Waals surface area contributed by atoms with Gasteiger partial charge in [-0.25, -0.2) is 8.78 Å². The molecule has 0 amide bonds. The molecule has 1 saturated carbocycles. The average molecular weight is 190 g/mol. The molecule has 2 nitrogen and oxygen atoms in total. The molecular weight excluding hydrogens is 177 g/mol. The van der Waals surface area contributed by atoms with E-state index in [-0.39, 0.29) is 18.8 Å². The predicted octanol–water partition coefficient (Wildman–Crippen LogP) is 1.38. The highest BCUT2D eigenvalue weighted by molar-refractivity contribution is 6.47. The summed E-state index contributed by atoms with van der Waals surface area (Å²) in [6, 6.07) is 0. The van der Waals surface area contributed by atoms with Crippen LogP contribution < -0.4 is 0 Å². The summed E-state index contributed by atoms with van der Waals surface area (Å²) < 4.78 is 25.3. The minimum atomic E-state index is -2.51. The Morgan fingerprint density at radius 3 is 2.23 bits per heavy atom. The maximum atomic E-state index is 12.7. The predicted molar refractivity (Wildman–Crippen MR) is 46.2 cm³/mol. The smallest absolute Gasteiger partial charge is 0.424 e. The molecule has 0 saturated heterocycles. The van der Waals surface area contributed by atoms with Crippen LogP contribution in [0.15, 0.2) is 12.1 Å². The van der Waals surface area contributed by atoms with E-state index < -0.39 is 13.0 Å². The largest absolute Gasteiger partial charge is 0.480 e. The molecule has 0 aromatic rings. The van der Waals surface area contributed by atoms with Gasteiger partial charge in [-0.2, -0.15) is 0 Å². The second kappa shape index (κ2) is 4.20. The third-order valence-corrected chi connectivity index (χ3v) is 2.32. The Kier molecular flexibility index (Phi) is 3.44. The zero-order chi connectivity index (χ0) is 9.90. The maximum absolute atomic E-state index is 12.7. The minimum Gasteiger partial charge on any atom is -0.424 e. The van der Waals surface area contributed by atoms with Crippen molar-refractivity contribution in [2.24, 2.45) is 5.92 Å². The van der Waals surface area contributed by atoms with Gasteiger partial charge in [0.15, 0.2) is 0 Å². The van der Waals surface area contributed by atoms with Crippen molar-refractivity contribution in [3.8, 4) is 0 Å². The van der Waals surface area contributed by atoms with Crippen LogP contribution in [-0.4, -0.2) is 23.1 Å². The molecule has 13 heavy (non-hydrogen) atoms. The molecule has 0 bridgehead atoms. The molecule has 0 aromatic heterocycles. The van der Waals surface area contributed by atoms with Crippen LogP contribution in [0.25, 0.3) is 0 Å². The van der Waals surface area contributed by atoms with Crippen LogP contribution >= 0.6 is 0 Å². The van der Waals surface area contributed by atoms with Crippen molar-refractivity contribution >= 4 is 7.12 Å². The van der Waals surface area contributed by atoms with Gasteiger partial charge in [-0.3, -0.25) is 0 Å². The van der Waals surface area contributed by atoms with E-state index >= 15 is 0 Å². The number of hydrogen-bond acceptors (Lipinski definition) is 2. The Morgan fingerprint density at radius 1 is 1.23 bits per heavy atom. The highest BCUT2D eigenvalue weighted by atomic mass is 19.3. The van der Waals surface area contributed by atoms with Crippen molar-refractivity contribution < 1.29 is 18.8 Å². The standard InChI is InChI=1S/C8H13BF2O2/c10-8(11)4-1-7(2-5-8)3-6-9(12)13/h3,6-7,12-13H,1-2,4-5H2/b6-3+. The van der Waals surface area contributed by atoms with E-state index in [1.807, 2.05) is 0 Å².